The molecule has 1 aromatic carbocycles. The number of hydrogen-bond donors (Lipinski definition) is 0. The fourth-order valence-electron chi connectivity index (χ4n) is 2.54. The van der Waals surface area contributed by atoms with Gasteiger partial charge in [-0.2, -0.15) is 0 Å². The van der Waals surface area contributed by atoms with Gasteiger partial charge >= 0.3 is 0 Å². The van der Waals surface area contributed by atoms with Crippen LogP contribution in [0.5, 0.6) is 0 Å². The van der Waals surface area contributed by atoms with Gasteiger partial charge < -0.3 is 4.90 Å². The third-order valence-corrected chi connectivity index (χ3v) is 4.60. The van der Waals surface area contributed by atoms with Crippen LogP contribution >= 0.6 is 15.9 Å². The van der Waals surface area contributed by atoms with Crippen LogP contribution in [0.4, 0.5) is 5.69 Å². The highest BCUT2D eigenvalue weighted by molar-refractivity contribution is 9.10. The normalized spacial score (nSPS) is 19.6. The van der Waals surface area contributed by atoms with Gasteiger partial charge in [-0.15, -0.1) is 0 Å². The fourth-order valence-corrected chi connectivity index (χ4v) is 2.93. The Hall–Kier alpha value is -1.47. The molecule has 0 N–H and O–H groups in total. The maximum absolute atomic E-state index is 12.5. The first-order valence-corrected chi connectivity index (χ1v) is 7.66. The molecule has 21 heavy (non-hydrogen) atoms. The summed E-state index contributed by atoms with van der Waals surface area (Å²) in [4.78, 5) is 27.0. The summed E-state index contributed by atoms with van der Waals surface area (Å²) in [5.41, 5.74) is 0.284. The number of nitro groups is 1. The number of benzene rings is 1. The zero-order valence-corrected chi connectivity index (χ0v) is 13.7. The van der Waals surface area contributed by atoms with Crippen LogP contribution in [-0.4, -0.2) is 53.4 Å². The van der Waals surface area contributed by atoms with Crippen molar-refractivity contribution in [1.29, 1.82) is 0 Å². The quantitative estimate of drug-likeness (QED) is 0.617. The van der Waals surface area contributed by atoms with Crippen molar-refractivity contribution in [3.8, 4) is 0 Å². The number of carbonyl (C=O) groups is 1. The predicted molar refractivity (Wildman–Crippen MR) is 83.4 cm³/mol. The van der Waals surface area contributed by atoms with E-state index >= 15 is 0 Å². The molecular formula is C14H18BrN3O3. The van der Waals surface area contributed by atoms with Crippen LogP contribution in [-0.2, 0) is 0 Å². The highest BCUT2D eigenvalue weighted by atomic mass is 79.9. The molecule has 2 rings (SSSR count). The van der Waals surface area contributed by atoms with Crippen LogP contribution in [0.2, 0.25) is 0 Å². The van der Waals surface area contributed by atoms with Gasteiger partial charge in [0.1, 0.15) is 0 Å². The monoisotopic (exact) mass is 355 g/mol. The van der Waals surface area contributed by atoms with Gasteiger partial charge in [-0.05, 0) is 41.5 Å². The van der Waals surface area contributed by atoms with Crippen molar-refractivity contribution >= 4 is 27.5 Å². The SMILES string of the molecule is CCC1CN(C(=O)c2ccc(Br)c([N+](=O)[O-])c2)CCN1C. The number of hydrogen-bond acceptors (Lipinski definition) is 4. The number of rotatable bonds is 3. The summed E-state index contributed by atoms with van der Waals surface area (Å²) in [6.07, 6.45) is 0.973. The largest absolute Gasteiger partial charge is 0.336 e. The first-order chi connectivity index (χ1) is 9.93. The van der Waals surface area contributed by atoms with Crippen LogP contribution in [0.1, 0.15) is 23.7 Å². The Morgan fingerprint density at radius 2 is 2.19 bits per heavy atom. The molecule has 1 aliphatic rings. The van der Waals surface area contributed by atoms with E-state index in [0.29, 0.717) is 29.2 Å². The molecule has 1 saturated heterocycles. The van der Waals surface area contributed by atoms with Crippen molar-refractivity contribution in [2.24, 2.45) is 0 Å². The second kappa shape index (κ2) is 6.53. The lowest BCUT2D eigenvalue weighted by Crippen LogP contribution is -2.52. The third kappa shape index (κ3) is 3.41. The molecule has 0 radical (unpaired) electrons. The zero-order chi connectivity index (χ0) is 15.6. The standard InChI is InChI=1S/C14H18BrN3O3/c1-3-11-9-17(7-6-16(11)2)14(19)10-4-5-12(15)13(8-10)18(20)21/h4-5,8,11H,3,6-7,9H2,1-2H3. The summed E-state index contributed by atoms with van der Waals surface area (Å²) in [5.74, 6) is -0.142. The number of carbonyl (C=O) groups excluding carboxylic acids is 1. The molecule has 1 amide bonds. The van der Waals surface area contributed by atoms with Crippen LogP contribution in [0.3, 0.4) is 0 Å². The average Bonchev–Trinajstić information content (AvgIpc) is 2.47. The summed E-state index contributed by atoms with van der Waals surface area (Å²) >= 11 is 3.13. The molecule has 114 valence electrons. The van der Waals surface area contributed by atoms with Crippen LogP contribution in [0.25, 0.3) is 0 Å². The van der Waals surface area contributed by atoms with E-state index in [2.05, 4.69) is 34.8 Å². The van der Waals surface area contributed by atoms with Gasteiger partial charge in [0, 0.05) is 37.3 Å². The van der Waals surface area contributed by atoms with E-state index in [1.54, 1.807) is 17.0 Å². The van der Waals surface area contributed by atoms with Crippen molar-refractivity contribution in [3.63, 3.8) is 0 Å². The molecule has 1 fully saturated rings. The number of halogens is 1. The first-order valence-electron chi connectivity index (χ1n) is 6.87. The van der Waals surface area contributed by atoms with E-state index in [1.165, 1.54) is 6.07 Å². The van der Waals surface area contributed by atoms with Crippen molar-refractivity contribution in [1.82, 2.24) is 9.80 Å². The molecule has 0 saturated carbocycles. The number of likely N-dealkylation sites (N-methyl/N-ethyl adjacent to an activating group) is 1. The van der Waals surface area contributed by atoms with Crippen LogP contribution in [0.15, 0.2) is 22.7 Å². The van der Waals surface area contributed by atoms with Crippen LogP contribution < -0.4 is 0 Å². The Bertz CT molecular complexity index is 564. The smallest absolute Gasteiger partial charge is 0.284 e. The highest BCUT2D eigenvalue weighted by Crippen LogP contribution is 2.26. The summed E-state index contributed by atoms with van der Waals surface area (Å²) in [6, 6.07) is 4.86. The minimum absolute atomic E-state index is 0.0815. The van der Waals surface area contributed by atoms with Crippen molar-refractivity contribution in [2.45, 2.75) is 19.4 Å². The molecule has 1 aromatic rings. The summed E-state index contributed by atoms with van der Waals surface area (Å²) in [7, 11) is 2.06. The molecule has 1 atom stereocenters. The minimum atomic E-state index is -0.486. The lowest BCUT2D eigenvalue weighted by molar-refractivity contribution is -0.385. The molecular weight excluding hydrogens is 338 g/mol. The Labute approximate surface area is 132 Å². The molecule has 0 aromatic heterocycles. The minimum Gasteiger partial charge on any atom is -0.336 e. The maximum Gasteiger partial charge on any atom is 0.284 e. The second-order valence-corrected chi connectivity index (χ2v) is 6.07. The molecule has 0 aliphatic carbocycles. The summed E-state index contributed by atoms with van der Waals surface area (Å²) in [5, 5.41) is 11.0. The lowest BCUT2D eigenvalue weighted by atomic mass is 10.1. The average molecular weight is 356 g/mol. The van der Waals surface area contributed by atoms with E-state index in [1.807, 2.05) is 0 Å². The Morgan fingerprint density at radius 3 is 2.81 bits per heavy atom. The van der Waals surface area contributed by atoms with Crippen molar-refractivity contribution < 1.29 is 9.72 Å². The number of nitrogens with zero attached hydrogens (tertiary/aromatic N) is 3. The summed E-state index contributed by atoms with van der Waals surface area (Å²) < 4.78 is 0.383. The van der Waals surface area contributed by atoms with Gasteiger partial charge in [0.05, 0.1) is 9.40 Å². The van der Waals surface area contributed by atoms with Gasteiger partial charge in [0.2, 0.25) is 0 Å². The molecule has 1 unspecified atom stereocenters. The maximum atomic E-state index is 12.5. The predicted octanol–water partition coefficient (Wildman–Crippen LogP) is 2.52. The Balaban J connectivity index is 2.20. The first kappa shape index (κ1) is 15.9. The van der Waals surface area contributed by atoms with Gasteiger partial charge in [-0.25, -0.2) is 0 Å². The molecule has 0 bridgehead atoms. The zero-order valence-electron chi connectivity index (χ0n) is 12.1. The fraction of sp³-hybridized carbons (Fsp3) is 0.500. The van der Waals surface area contributed by atoms with E-state index in [9.17, 15) is 14.9 Å². The van der Waals surface area contributed by atoms with Gasteiger partial charge in [0.15, 0.2) is 0 Å². The Morgan fingerprint density at radius 1 is 1.48 bits per heavy atom. The van der Waals surface area contributed by atoms with Crippen molar-refractivity contribution in [3.05, 3.63) is 38.3 Å². The van der Waals surface area contributed by atoms with Crippen LogP contribution in [0, 0.1) is 10.1 Å². The summed E-state index contributed by atoms with van der Waals surface area (Å²) in [6.45, 7) is 4.23. The molecule has 1 aliphatic heterocycles. The number of piperazine rings is 1. The van der Waals surface area contributed by atoms with E-state index in [-0.39, 0.29) is 11.6 Å². The number of nitro benzene ring substituents is 1. The molecule has 0 spiro atoms. The lowest BCUT2D eigenvalue weighted by Gasteiger charge is -2.39. The van der Waals surface area contributed by atoms with Crippen molar-refractivity contribution in [2.75, 3.05) is 26.7 Å². The van der Waals surface area contributed by atoms with E-state index in [4.69, 9.17) is 0 Å². The van der Waals surface area contributed by atoms with Gasteiger partial charge in [0.25, 0.3) is 11.6 Å². The molecule has 7 heteroatoms. The Kier molecular flexibility index (Phi) is 4.95. The third-order valence-electron chi connectivity index (χ3n) is 3.93. The van der Waals surface area contributed by atoms with Gasteiger partial charge in [-0.1, -0.05) is 6.92 Å². The highest BCUT2D eigenvalue weighted by Gasteiger charge is 2.27. The molecule has 6 nitrogen and oxygen atoms in total. The van der Waals surface area contributed by atoms with E-state index < -0.39 is 4.92 Å². The molecule has 1 heterocycles. The van der Waals surface area contributed by atoms with Gasteiger partial charge in [-0.3, -0.25) is 19.8 Å². The van der Waals surface area contributed by atoms with E-state index in [0.717, 1.165) is 13.0 Å². The number of amides is 1. The topological polar surface area (TPSA) is 66.7 Å². The second-order valence-electron chi connectivity index (χ2n) is 5.22.